The fraction of sp³-hybridized carbons (Fsp3) is 0.318. The van der Waals surface area contributed by atoms with Gasteiger partial charge in [-0.05, 0) is 57.9 Å². The lowest BCUT2D eigenvalue weighted by atomic mass is 9.95. The van der Waals surface area contributed by atoms with Crippen molar-refractivity contribution in [3.8, 4) is 17.2 Å². The first kappa shape index (κ1) is 21.3. The van der Waals surface area contributed by atoms with Crippen LogP contribution in [0.2, 0.25) is 0 Å². The van der Waals surface area contributed by atoms with Crippen LogP contribution >= 0.6 is 23.2 Å². The molecule has 0 aliphatic rings. The average molecular weight is 436 g/mol. The molecule has 0 saturated carbocycles. The molecule has 3 aromatic carbocycles. The molecular weight excluding hydrogens is 413 g/mol. The lowest BCUT2D eigenvalue weighted by Gasteiger charge is -2.22. The molecule has 5 nitrogen and oxygen atoms in total. The van der Waals surface area contributed by atoms with Crippen LogP contribution in [-0.2, 0) is 0 Å². The van der Waals surface area contributed by atoms with Gasteiger partial charge in [-0.25, -0.2) is 0 Å². The quantitative estimate of drug-likeness (QED) is 0.371. The lowest BCUT2D eigenvalue weighted by molar-refractivity contribution is 0.0777. The minimum absolute atomic E-state index is 0.113. The molecule has 0 radical (unpaired) electrons. The summed E-state index contributed by atoms with van der Waals surface area (Å²) in [7, 11) is 4.80. The van der Waals surface area contributed by atoms with E-state index in [1.165, 1.54) is 0 Å². The second-order valence-electron chi connectivity index (χ2n) is 6.43. The molecule has 0 N–H and O–H groups in total. The minimum Gasteiger partial charge on any atom is -0.497 e. The monoisotopic (exact) mass is 435 g/mol. The van der Waals surface area contributed by atoms with Gasteiger partial charge in [-0.2, -0.15) is 0 Å². The van der Waals surface area contributed by atoms with Crippen molar-refractivity contribution in [1.82, 2.24) is 4.90 Å². The van der Waals surface area contributed by atoms with Gasteiger partial charge in [0.15, 0.2) is 11.5 Å². The van der Waals surface area contributed by atoms with E-state index in [2.05, 4.69) is 0 Å². The molecule has 0 spiro atoms. The Morgan fingerprint density at radius 1 is 0.828 bits per heavy atom. The summed E-state index contributed by atoms with van der Waals surface area (Å²) in [5.41, 5.74) is 0.581. The molecule has 0 fully saturated rings. The standard InChI is InChI=1S/C22H23Cl2NO4/c1-27-15-4-5-16-18(12-15)17-13-21(29-3)20(28-2)11-14(17)10-19(16)22(26)25(8-6-23)9-7-24/h4-5,10-13H,6-9H2,1-3H3. The van der Waals surface area contributed by atoms with Crippen LogP contribution in [0.1, 0.15) is 10.4 Å². The number of ether oxygens (including phenoxy) is 3. The molecule has 0 aromatic heterocycles. The molecule has 0 saturated heterocycles. The van der Waals surface area contributed by atoms with Crippen molar-refractivity contribution in [2.24, 2.45) is 0 Å². The second-order valence-corrected chi connectivity index (χ2v) is 7.19. The van der Waals surface area contributed by atoms with Crippen LogP contribution in [0, 0.1) is 0 Å². The zero-order chi connectivity index (χ0) is 21.0. The van der Waals surface area contributed by atoms with Crippen molar-refractivity contribution in [2.75, 3.05) is 46.2 Å². The van der Waals surface area contributed by atoms with Crippen molar-refractivity contribution in [1.29, 1.82) is 0 Å². The lowest BCUT2D eigenvalue weighted by Crippen LogP contribution is -2.34. The van der Waals surface area contributed by atoms with Gasteiger partial charge in [0.1, 0.15) is 5.75 Å². The highest BCUT2D eigenvalue weighted by molar-refractivity contribution is 6.20. The van der Waals surface area contributed by atoms with Gasteiger partial charge in [0, 0.05) is 30.4 Å². The van der Waals surface area contributed by atoms with Gasteiger partial charge in [0.2, 0.25) is 0 Å². The molecule has 3 rings (SSSR count). The van der Waals surface area contributed by atoms with Crippen LogP contribution in [-0.4, -0.2) is 57.0 Å². The minimum atomic E-state index is -0.113. The van der Waals surface area contributed by atoms with Gasteiger partial charge in [-0.3, -0.25) is 4.79 Å². The summed E-state index contributed by atoms with van der Waals surface area (Å²) in [4.78, 5) is 15.0. The number of hydrogen-bond donors (Lipinski definition) is 0. The summed E-state index contributed by atoms with van der Waals surface area (Å²) in [5, 5.41) is 3.52. The Morgan fingerprint density at radius 2 is 1.48 bits per heavy atom. The SMILES string of the molecule is COc1ccc2c(C(=O)N(CCCl)CCCl)cc3cc(OC)c(OC)cc3c2c1. The maximum atomic E-state index is 13.3. The first-order valence-electron chi connectivity index (χ1n) is 9.15. The van der Waals surface area contributed by atoms with Gasteiger partial charge < -0.3 is 19.1 Å². The number of benzene rings is 3. The molecule has 29 heavy (non-hydrogen) atoms. The topological polar surface area (TPSA) is 48.0 Å². The first-order chi connectivity index (χ1) is 14.1. The summed E-state index contributed by atoms with van der Waals surface area (Å²) < 4.78 is 16.3. The number of fused-ring (bicyclic) bond motifs is 3. The van der Waals surface area contributed by atoms with Gasteiger partial charge in [-0.1, -0.05) is 0 Å². The maximum absolute atomic E-state index is 13.3. The van der Waals surface area contributed by atoms with E-state index in [0.29, 0.717) is 47.7 Å². The van der Waals surface area contributed by atoms with Crippen LogP contribution < -0.4 is 14.2 Å². The fourth-order valence-electron chi connectivity index (χ4n) is 3.45. The number of rotatable bonds is 8. The Bertz CT molecular complexity index is 1030. The number of carbonyl (C=O) groups excluding carboxylic acids is 1. The van der Waals surface area contributed by atoms with E-state index in [1.54, 1.807) is 26.2 Å². The highest BCUT2D eigenvalue weighted by atomic mass is 35.5. The van der Waals surface area contributed by atoms with E-state index in [-0.39, 0.29) is 5.91 Å². The summed E-state index contributed by atoms with van der Waals surface area (Å²) >= 11 is 11.8. The number of carbonyl (C=O) groups is 1. The molecule has 0 atom stereocenters. The Balaban J connectivity index is 2.32. The Hall–Kier alpha value is -2.37. The number of nitrogens with zero attached hydrogens (tertiary/aromatic N) is 1. The number of alkyl halides is 2. The van der Waals surface area contributed by atoms with Crippen molar-refractivity contribution in [2.45, 2.75) is 0 Å². The number of methoxy groups -OCH3 is 3. The second kappa shape index (κ2) is 9.42. The largest absolute Gasteiger partial charge is 0.497 e. The molecule has 7 heteroatoms. The normalized spacial score (nSPS) is 10.9. The summed E-state index contributed by atoms with van der Waals surface area (Å²) in [6.45, 7) is 0.851. The Labute approximate surface area is 180 Å². The van der Waals surface area contributed by atoms with Gasteiger partial charge in [0.25, 0.3) is 5.91 Å². The van der Waals surface area contributed by atoms with E-state index in [9.17, 15) is 4.79 Å². The molecule has 3 aromatic rings. The maximum Gasteiger partial charge on any atom is 0.254 e. The predicted octanol–water partition coefficient (Wildman–Crippen LogP) is 4.94. The number of halogens is 2. The smallest absolute Gasteiger partial charge is 0.254 e. The van der Waals surface area contributed by atoms with Crippen LogP contribution in [0.5, 0.6) is 17.2 Å². The summed E-state index contributed by atoms with van der Waals surface area (Å²) in [6.07, 6.45) is 0. The van der Waals surface area contributed by atoms with Crippen molar-refractivity contribution >= 4 is 50.7 Å². The zero-order valence-electron chi connectivity index (χ0n) is 16.6. The van der Waals surface area contributed by atoms with Gasteiger partial charge in [-0.15, -0.1) is 23.2 Å². The molecular formula is C22H23Cl2NO4. The van der Waals surface area contributed by atoms with Crippen LogP contribution in [0.25, 0.3) is 21.5 Å². The third-order valence-electron chi connectivity index (χ3n) is 4.89. The van der Waals surface area contributed by atoms with E-state index in [4.69, 9.17) is 37.4 Å². The predicted molar refractivity (Wildman–Crippen MR) is 118 cm³/mol. The average Bonchev–Trinajstić information content (AvgIpc) is 2.76. The molecule has 1 amide bonds. The third kappa shape index (κ3) is 4.16. The van der Waals surface area contributed by atoms with E-state index < -0.39 is 0 Å². The fourth-order valence-corrected chi connectivity index (χ4v) is 3.86. The molecule has 154 valence electrons. The first-order valence-corrected chi connectivity index (χ1v) is 10.2. The Morgan fingerprint density at radius 3 is 2.07 bits per heavy atom. The molecule has 0 heterocycles. The summed E-state index contributed by atoms with van der Waals surface area (Å²) in [6, 6.07) is 11.3. The van der Waals surface area contributed by atoms with Crippen molar-refractivity contribution < 1.29 is 19.0 Å². The van der Waals surface area contributed by atoms with Crippen molar-refractivity contribution in [3.05, 3.63) is 42.0 Å². The molecule has 0 aliphatic carbocycles. The Kier molecular flexibility index (Phi) is 6.93. The molecule has 0 unspecified atom stereocenters. The van der Waals surface area contributed by atoms with Crippen LogP contribution in [0.4, 0.5) is 0 Å². The van der Waals surface area contributed by atoms with E-state index >= 15 is 0 Å². The highest BCUT2D eigenvalue weighted by Crippen LogP contribution is 2.38. The van der Waals surface area contributed by atoms with E-state index in [0.717, 1.165) is 21.5 Å². The zero-order valence-corrected chi connectivity index (χ0v) is 18.1. The van der Waals surface area contributed by atoms with Gasteiger partial charge in [0.05, 0.1) is 21.3 Å². The highest BCUT2D eigenvalue weighted by Gasteiger charge is 2.20. The number of amides is 1. The van der Waals surface area contributed by atoms with Crippen LogP contribution in [0.15, 0.2) is 36.4 Å². The van der Waals surface area contributed by atoms with E-state index in [1.807, 2.05) is 36.4 Å². The molecule has 0 bridgehead atoms. The van der Waals surface area contributed by atoms with Gasteiger partial charge >= 0.3 is 0 Å². The number of hydrogen-bond acceptors (Lipinski definition) is 4. The van der Waals surface area contributed by atoms with Crippen LogP contribution in [0.3, 0.4) is 0 Å². The summed E-state index contributed by atoms with van der Waals surface area (Å²) in [5.74, 6) is 2.49. The molecule has 0 aliphatic heterocycles. The van der Waals surface area contributed by atoms with Crippen molar-refractivity contribution in [3.63, 3.8) is 0 Å². The third-order valence-corrected chi connectivity index (χ3v) is 5.23.